The lowest BCUT2D eigenvalue weighted by molar-refractivity contribution is 0.102. The molecule has 1 aromatic carbocycles. The number of aromatic nitrogens is 1. The van der Waals surface area contributed by atoms with Gasteiger partial charge < -0.3 is 20.1 Å². The highest BCUT2D eigenvalue weighted by atomic mass is 16.5. The van der Waals surface area contributed by atoms with Crippen molar-refractivity contribution >= 4 is 11.6 Å². The molecule has 3 N–H and O–H groups in total. The van der Waals surface area contributed by atoms with Crippen LogP contribution >= 0.6 is 0 Å². The minimum atomic E-state index is -0.539. The van der Waals surface area contributed by atoms with Gasteiger partial charge in [0.05, 0.1) is 18.4 Å². The van der Waals surface area contributed by atoms with Crippen molar-refractivity contribution in [1.82, 2.24) is 4.98 Å². The molecule has 20 heavy (non-hydrogen) atoms. The number of H-pyrrole nitrogens is 1. The van der Waals surface area contributed by atoms with Gasteiger partial charge in [0, 0.05) is 12.3 Å². The van der Waals surface area contributed by atoms with Gasteiger partial charge in [-0.15, -0.1) is 0 Å². The van der Waals surface area contributed by atoms with Gasteiger partial charge in [-0.3, -0.25) is 9.59 Å². The van der Waals surface area contributed by atoms with Gasteiger partial charge in [0.15, 0.2) is 0 Å². The lowest BCUT2D eigenvalue weighted by Crippen LogP contribution is -2.15. The van der Waals surface area contributed by atoms with E-state index in [9.17, 15) is 14.7 Å². The monoisotopic (exact) mass is 274 g/mol. The van der Waals surface area contributed by atoms with Crippen LogP contribution in [-0.2, 0) is 0 Å². The van der Waals surface area contributed by atoms with Gasteiger partial charge >= 0.3 is 0 Å². The Hall–Kier alpha value is -2.76. The standard InChI is InChI=1S/C14H14N2O4/c1-8-3-4-12(20-2)10(5-8)16-14(19)9-7-15-13(18)6-11(9)17/h3-7H,1-2H3,(H,16,19)(H2,15,17,18). The molecule has 0 fully saturated rings. The molecule has 0 saturated heterocycles. The average Bonchev–Trinajstić information content (AvgIpc) is 2.38. The van der Waals surface area contributed by atoms with Crippen LogP contribution in [0.25, 0.3) is 0 Å². The topological polar surface area (TPSA) is 91.4 Å². The molecule has 0 aliphatic rings. The largest absolute Gasteiger partial charge is 0.507 e. The molecular weight excluding hydrogens is 260 g/mol. The molecule has 104 valence electrons. The van der Waals surface area contributed by atoms with E-state index in [1.165, 1.54) is 7.11 Å². The predicted molar refractivity (Wildman–Crippen MR) is 74.4 cm³/mol. The van der Waals surface area contributed by atoms with E-state index in [0.29, 0.717) is 11.4 Å². The second-order valence-electron chi connectivity index (χ2n) is 4.25. The molecule has 0 radical (unpaired) electrons. The highest BCUT2D eigenvalue weighted by molar-refractivity contribution is 6.06. The number of pyridine rings is 1. The number of aromatic amines is 1. The number of methoxy groups -OCH3 is 1. The third-order valence-electron chi connectivity index (χ3n) is 2.75. The maximum absolute atomic E-state index is 12.1. The Morgan fingerprint density at radius 3 is 2.75 bits per heavy atom. The zero-order valence-corrected chi connectivity index (χ0v) is 11.1. The molecule has 0 aliphatic heterocycles. The number of nitrogens with one attached hydrogen (secondary N) is 2. The number of aromatic hydroxyl groups is 1. The van der Waals surface area contributed by atoms with Crippen molar-refractivity contribution in [2.24, 2.45) is 0 Å². The first kappa shape index (κ1) is 13.7. The highest BCUT2D eigenvalue weighted by Gasteiger charge is 2.14. The van der Waals surface area contributed by atoms with Crippen LogP contribution in [0.4, 0.5) is 5.69 Å². The summed E-state index contributed by atoms with van der Waals surface area (Å²) in [4.78, 5) is 25.4. The molecule has 0 spiro atoms. The van der Waals surface area contributed by atoms with Gasteiger partial charge in [0.1, 0.15) is 11.5 Å². The van der Waals surface area contributed by atoms with E-state index >= 15 is 0 Å². The number of carbonyl (C=O) groups excluding carboxylic acids is 1. The number of aryl methyl sites for hydroxylation is 1. The molecule has 0 unspecified atom stereocenters. The number of amides is 1. The Balaban J connectivity index is 2.32. The van der Waals surface area contributed by atoms with Crippen molar-refractivity contribution in [2.45, 2.75) is 6.92 Å². The maximum atomic E-state index is 12.1. The van der Waals surface area contributed by atoms with Crippen LogP contribution in [0.15, 0.2) is 35.3 Å². The summed E-state index contributed by atoms with van der Waals surface area (Å²) >= 11 is 0. The molecule has 0 atom stereocenters. The molecular formula is C14H14N2O4. The molecule has 0 bridgehead atoms. The van der Waals surface area contributed by atoms with Crippen LogP contribution in [0.2, 0.25) is 0 Å². The summed E-state index contributed by atoms with van der Waals surface area (Å²) < 4.78 is 5.15. The number of hydrogen-bond donors (Lipinski definition) is 3. The Morgan fingerprint density at radius 1 is 1.35 bits per heavy atom. The summed E-state index contributed by atoms with van der Waals surface area (Å²) in [6.45, 7) is 1.88. The third kappa shape index (κ3) is 2.80. The Morgan fingerprint density at radius 2 is 2.10 bits per heavy atom. The summed E-state index contributed by atoms with van der Waals surface area (Å²) in [7, 11) is 1.50. The highest BCUT2D eigenvalue weighted by Crippen LogP contribution is 2.26. The molecule has 6 nitrogen and oxygen atoms in total. The molecule has 0 saturated carbocycles. The van der Waals surface area contributed by atoms with Crippen LogP contribution in [0.5, 0.6) is 11.5 Å². The number of carbonyl (C=O) groups is 1. The van der Waals surface area contributed by atoms with Crippen LogP contribution in [0.1, 0.15) is 15.9 Å². The van der Waals surface area contributed by atoms with Gasteiger partial charge in [0.25, 0.3) is 11.5 Å². The Labute approximate surface area is 115 Å². The molecule has 1 aromatic heterocycles. The quantitative estimate of drug-likeness (QED) is 0.793. The summed E-state index contributed by atoms with van der Waals surface area (Å²) in [5.74, 6) is -0.409. The predicted octanol–water partition coefficient (Wildman–Crippen LogP) is 1.65. The SMILES string of the molecule is COc1ccc(C)cc1NC(=O)c1c[nH]c(=O)cc1O. The number of hydrogen-bond acceptors (Lipinski definition) is 4. The summed E-state index contributed by atoms with van der Waals surface area (Å²) in [6.07, 6.45) is 1.16. The van der Waals surface area contributed by atoms with Gasteiger partial charge in [-0.05, 0) is 24.6 Å². The number of benzene rings is 1. The second-order valence-corrected chi connectivity index (χ2v) is 4.25. The summed E-state index contributed by atoms with van der Waals surface area (Å²) in [5.41, 5.74) is 0.940. The normalized spacial score (nSPS) is 10.1. The first-order chi connectivity index (χ1) is 9.51. The summed E-state index contributed by atoms with van der Waals surface area (Å²) in [5, 5.41) is 12.2. The fraction of sp³-hybridized carbons (Fsp3) is 0.143. The van der Waals surface area contributed by atoms with Crippen LogP contribution in [-0.4, -0.2) is 23.1 Å². The van der Waals surface area contributed by atoms with E-state index in [1.54, 1.807) is 12.1 Å². The van der Waals surface area contributed by atoms with E-state index in [4.69, 9.17) is 4.74 Å². The first-order valence-electron chi connectivity index (χ1n) is 5.89. The van der Waals surface area contributed by atoms with Crippen LogP contribution in [0, 0.1) is 6.92 Å². The van der Waals surface area contributed by atoms with E-state index in [-0.39, 0.29) is 11.3 Å². The van der Waals surface area contributed by atoms with E-state index in [1.807, 2.05) is 13.0 Å². The van der Waals surface area contributed by atoms with Gasteiger partial charge in [-0.2, -0.15) is 0 Å². The minimum absolute atomic E-state index is 0.0202. The molecule has 0 aliphatic carbocycles. The van der Waals surface area contributed by atoms with E-state index in [0.717, 1.165) is 17.8 Å². The lowest BCUT2D eigenvalue weighted by atomic mass is 10.2. The van der Waals surface area contributed by atoms with Gasteiger partial charge in [-0.25, -0.2) is 0 Å². The van der Waals surface area contributed by atoms with Crippen molar-refractivity contribution in [3.63, 3.8) is 0 Å². The molecule has 6 heteroatoms. The van der Waals surface area contributed by atoms with Crippen molar-refractivity contribution in [3.8, 4) is 11.5 Å². The molecule has 1 heterocycles. The maximum Gasteiger partial charge on any atom is 0.261 e. The van der Waals surface area contributed by atoms with Crippen molar-refractivity contribution in [1.29, 1.82) is 0 Å². The fourth-order valence-electron chi connectivity index (χ4n) is 1.75. The number of ether oxygens (including phenoxy) is 1. The Bertz CT molecular complexity index is 707. The van der Waals surface area contributed by atoms with Crippen molar-refractivity contribution in [2.75, 3.05) is 12.4 Å². The molecule has 1 amide bonds. The molecule has 2 rings (SSSR count). The van der Waals surface area contributed by atoms with Gasteiger partial charge in [0.2, 0.25) is 0 Å². The van der Waals surface area contributed by atoms with E-state index < -0.39 is 11.5 Å². The van der Waals surface area contributed by atoms with Crippen molar-refractivity contribution in [3.05, 3.63) is 51.9 Å². The fourth-order valence-corrected chi connectivity index (χ4v) is 1.75. The summed E-state index contributed by atoms with van der Waals surface area (Å²) in [6, 6.07) is 6.28. The van der Waals surface area contributed by atoms with E-state index in [2.05, 4.69) is 10.3 Å². The van der Waals surface area contributed by atoms with Crippen LogP contribution < -0.4 is 15.6 Å². The van der Waals surface area contributed by atoms with Gasteiger partial charge in [-0.1, -0.05) is 6.07 Å². The minimum Gasteiger partial charge on any atom is -0.507 e. The average molecular weight is 274 g/mol. The second kappa shape index (κ2) is 5.48. The lowest BCUT2D eigenvalue weighted by Gasteiger charge is -2.11. The Kier molecular flexibility index (Phi) is 3.74. The molecule has 2 aromatic rings. The first-order valence-corrected chi connectivity index (χ1v) is 5.89. The number of anilines is 1. The smallest absolute Gasteiger partial charge is 0.261 e. The zero-order chi connectivity index (χ0) is 14.7. The zero-order valence-electron chi connectivity index (χ0n) is 11.1. The van der Waals surface area contributed by atoms with Crippen molar-refractivity contribution < 1.29 is 14.6 Å². The number of rotatable bonds is 3. The third-order valence-corrected chi connectivity index (χ3v) is 2.75. The van der Waals surface area contributed by atoms with Crippen LogP contribution in [0.3, 0.4) is 0 Å².